The predicted octanol–water partition coefficient (Wildman–Crippen LogP) is 3.06. The molecule has 0 aliphatic carbocycles. The van der Waals surface area contributed by atoms with Crippen LogP contribution in [0, 0.1) is 6.92 Å². The van der Waals surface area contributed by atoms with Gasteiger partial charge in [-0.1, -0.05) is 22.0 Å². The van der Waals surface area contributed by atoms with Crippen molar-refractivity contribution in [3.63, 3.8) is 0 Å². The van der Waals surface area contributed by atoms with E-state index in [0.29, 0.717) is 5.82 Å². The van der Waals surface area contributed by atoms with E-state index in [4.69, 9.17) is 0 Å². The zero-order valence-electron chi connectivity index (χ0n) is 9.89. The van der Waals surface area contributed by atoms with Crippen molar-refractivity contribution in [2.45, 2.75) is 26.5 Å². The van der Waals surface area contributed by atoms with E-state index >= 15 is 0 Å². The summed E-state index contributed by atoms with van der Waals surface area (Å²) in [5.41, 5.74) is 1.97. The molecule has 0 bridgehead atoms. The third-order valence-corrected chi connectivity index (χ3v) is 3.17. The smallest absolute Gasteiger partial charge is 0.142 e. The van der Waals surface area contributed by atoms with E-state index in [1.807, 2.05) is 42.8 Å². The monoisotopic (exact) mass is 294 g/mol. The minimum absolute atomic E-state index is 0.679. The number of aliphatic hydroxyl groups excluding tert-OH is 1. The van der Waals surface area contributed by atoms with E-state index in [1.54, 1.807) is 6.20 Å². The molecule has 1 atom stereocenters. The summed E-state index contributed by atoms with van der Waals surface area (Å²) in [6.45, 7) is 4.84. The normalized spacial score (nSPS) is 12.7. The molecular formula is C13H15BrN2O. The van der Waals surface area contributed by atoms with E-state index in [0.717, 1.165) is 22.1 Å². The maximum absolute atomic E-state index is 10.3. The van der Waals surface area contributed by atoms with Crippen molar-refractivity contribution in [3.8, 4) is 0 Å². The molecule has 0 saturated carbocycles. The molecule has 0 aliphatic heterocycles. The fraction of sp³-hybridized carbons (Fsp3) is 0.308. The van der Waals surface area contributed by atoms with Crippen LogP contribution >= 0.6 is 15.9 Å². The number of imidazole rings is 1. The first-order chi connectivity index (χ1) is 8.11. The number of hydrogen-bond acceptors (Lipinski definition) is 2. The second-order valence-electron chi connectivity index (χ2n) is 4.04. The Morgan fingerprint density at radius 1 is 1.41 bits per heavy atom. The van der Waals surface area contributed by atoms with Gasteiger partial charge >= 0.3 is 0 Å². The Morgan fingerprint density at radius 2 is 2.18 bits per heavy atom. The molecule has 3 nitrogen and oxygen atoms in total. The van der Waals surface area contributed by atoms with Gasteiger partial charge in [0.2, 0.25) is 0 Å². The maximum atomic E-state index is 10.3. The van der Waals surface area contributed by atoms with Gasteiger partial charge in [0.1, 0.15) is 11.9 Å². The van der Waals surface area contributed by atoms with Gasteiger partial charge < -0.3 is 9.67 Å². The third kappa shape index (κ3) is 2.58. The van der Waals surface area contributed by atoms with Crippen LogP contribution in [-0.4, -0.2) is 14.7 Å². The lowest BCUT2D eigenvalue weighted by Gasteiger charge is -2.13. The highest BCUT2D eigenvalue weighted by molar-refractivity contribution is 9.10. The Balaban J connectivity index is 2.39. The lowest BCUT2D eigenvalue weighted by molar-refractivity contribution is 0.204. The van der Waals surface area contributed by atoms with E-state index in [-0.39, 0.29) is 0 Å². The second kappa shape index (κ2) is 5.02. The van der Waals surface area contributed by atoms with Crippen LogP contribution in [-0.2, 0) is 6.54 Å². The molecule has 2 rings (SSSR count). The molecule has 2 aromatic rings. The summed E-state index contributed by atoms with van der Waals surface area (Å²) in [6.07, 6.45) is 2.91. The molecule has 0 amide bonds. The molecule has 4 heteroatoms. The van der Waals surface area contributed by atoms with Crippen LogP contribution in [0.15, 0.2) is 35.1 Å². The minimum atomic E-state index is -0.679. The topological polar surface area (TPSA) is 38.0 Å². The van der Waals surface area contributed by atoms with E-state index in [2.05, 4.69) is 20.9 Å². The van der Waals surface area contributed by atoms with Crippen LogP contribution in [0.1, 0.15) is 30.0 Å². The van der Waals surface area contributed by atoms with E-state index < -0.39 is 6.10 Å². The lowest BCUT2D eigenvalue weighted by atomic mass is 10.1. The molecule has 0 radical (unpaired) electrons. The van der Waals surface area contributed by atoms with Crippen LogP contribution in [0.5, 0.6) is 0 Å². The van der Waals surface area contributed by atoms with Gasteiger partial charge in [-0.15, -0.1) is 0 Å². The molecule has 1 unspecified atom stereocenters. The van der Waals surface area contributed by atoms with Gasteiger partial charge in [-0.3, -0.25) is 0 Å². The molecule has 1 N–H and O–H groups in total. The van der Waals surface area contributed by atoms with Gasteiger partial charge in [0.25, 0.3) is 0 Å². The van der Waals surface area contributed by atoms with Gasteiger partial charge in [-0.05, 0) is 37.1 Å². The van der Waals surface area contributed by atoms with Gasteiger partial charge in [-0.2, -0.15) is 0 Å². The summed E-state index contributed by atoms with van der Waals surface area (Å²) in [7, 11) is 0. The number of hydrogen-bond donors (Lipinski definition) is 1. The van der Waals surface area contributed by atoms with Gasteiger partial charge in [0, 0.05) is 23.4 Å². The molecule has 0 spiro atoms. The summed E-state index contributed by atoms with van der Waals surface area (Å²) >= 11 is 3.44. The Bertz CT molecular complexity index is 502. The number of benzene rings is 1. The summed E-state index contributed by atoms with van der Waals surface area (Å²) in [6, 6.07) is 5.92. The number of halogens is 1. The highest BCUT2D eigenvalue weighted by atomic mass is 79.9. The molecular weight excluding hydrogens is 280 g/mol. The first kappa shape index (κ1) is 12.3. The molecule has 90 valence electrons. The average Bonchev–Trinajstić information content (AvgIpc) is 2.74. The van der Waals surface area contributed by atoms with Crippen molar-refractivity contribution in [3.05, 3.63) is 52.0 Å². The minimum Gasteiger partial charge on any atom is -0.380 e. The Morgan fingerprint density at radius 3 is 2.82 bits per heavy atom. The Kier molecular flexibility index (Phi) is 3.64. The first-order valence-electron chi connectivity index (χ1n) is 5.58. The highest BCUT2D eigenvalue weighted by Gasteiger charge is 2.16. The number of nitrogens with zero attached hydrogens (tertiary/aromatic N) is 2. The highest BCUT2D eigenvalue weighted by Crippen LogP contribution is 2.25. The predicted molar refractivity (Wildman–Crippen MR) is 70.8 cm³/mol. The summed E-state index contributed by atoms with van der Waals surface area (Å²) in [5.74, 6) is 0.685. The van der Waals surface area contributed by atoms with Gasteiger partial charge in [0.05, 0.1) is 0 Å². The first-order valence-corrected chi connectivity index (χ1v) is 6.37. The molecule has 0 fully saturated rings. The van der Waals surface area contributed by atoms with E-state index in [9.17, 15) is 5.11 Å². The number of aromatic nitrogens is 2. The molecule has 0 aliphatic rings. The Labute approximate surface area is 109 Å². The van der Waals surface area contributed by atoms with Gasteiger partial charge in [0.15, 0.2) is 0 Å². The maximum Gasteiger partial charge on any atom is 0.142 e. The standard InChI is InChI=1S/C13H15BrN2O/c1-3-16-5-4-15-13(16)12(17)10-6-9(2)7-11(14)8-10/h4-8,12,17H,3H2,1-2H3. The van der Waals surface area contributed by atoms with Crippen molar-refractivity contribution in [2.24, 2.45) is 0 Å². The number of aryl methyl sites for hydroxylation is 2. The fourth-order valence-electron chi connectivity index (χ4n) is 1.91. The Hall–Kier alpha value is -1.13. The second-order valence-corrected chi connectivity index (χ2v) is 4.95. The van der Waals surface area contributed by atoms with Crippen LogP contribution in [0.3, 0.4) is 0 Å². The third-order valence-electron chi connectivity index (χ3n) is 2.71. The molecule has 1 aromatic heterocycles. The SMILES string of the molecule is CCn1ccnc1C(O)c1cc(C)cc(Br)c1. The quantitative estimate of drug-likeness (QED) is 0.945. The van der Waals surface area contributed by atoms with Crippen LogP contribution < -0.4 is 0 Å². The largest absolute Gasteiger partial charge is 0.380 e. The summed E-state index contributed by atoms with van der Waals surface area (Å²) in [4.78, 5) is 4.22. The lowest BCUT2D eigenvalue weighted by Crippen LogP contribution is -2.09. The molecule has 1 heterocycles. The summed E-state index contributed by atoms with van der Waals surface area (Å²) < 4.78 is 2.92. The summed E-state index contributed by atoms with van der Waals surface area (Å²) in [5, 5.41) is 10.3. The zero-order valence-corrected chi connectivity index (χ0v) is 11.5. The van der Waals surface area contributed by atoms with Crippen LogP contribution in [0.4, 0.5) is 0 Å². The van der Waals surface area contributed by atoms with Crippen molar-refractivity contribution in [1.29, 1.82) is 0 Å². The zero-order chi connectivity index (χ0) is 12.4. The van der Waals surface area contributed by atoms with Crippen LogP contribution in [0.25, 0.3) is 0 Å². The fourth-order valence-corrected chi connectivity index (χ4v) is 2.53. The average molecular weight is 295 g/mol. The molecule has 0 saturated heterocycles. The van der Waals surface area contributed by atoms with Crippen molar-refractivity contribution >= 4 is 15.9 Å². The van der Waals surface area contributed by atoms with Crippen LogP contribution in [0.2, 0.25) is 0 Å². The number of rotatable bonds is 3. The number of aliphatic hydroxyl groups is 1. The molecule has 1 aromatic carbocycles. The van der Waals surface area contributed by atoms with Crippen molar-refractivity contribution in [1.82, 2.24) is 9.55 Å². The molecule has 17 heavy (non-hydrogen) atoms. The van der Waals surface area contributed by atoms with E-state index in [1.165, 1.54) is 0 Å². The van der Waals surface area contributed by atoms with Crippen molar-refractivity contribution < 1.29 is 5.11 Å². The van der Waals surface area contributed by atoms with Gasteiger partial charge in [-0.25, -0.2) is 4.98 Å². The van der Waals surface area contributed by atoms with Crippen molar-refractivity contribution in [2.75, 3.05) is 0 Å².